The minimum absolute atomic E-state index is 0.0439. The molecule has 0 amide bonds. The normalized spacial score (nSPS) is 11.0. The fourth-order valence-corrected chi connectivity index (χ4v) is 1.66. The van der Waals surface area contributed by atoms with E-state index in [1.54, 1.807) is 0 Å². The first-order valence-electron chi connectivity index (χ1n) is 3.90. The molecule has 88 valence electrons. The Bertz CT molecular complexity index is 411. The number of rotatable bonds is 2. The highest BCUT2D eigenvalue weighted by molar-refractivity contribution is 14.1. The fraction of sp³-hybridized carbons (Fsp3) is 0.125. The monoisotopic (exact) mass is 362 g/mol. The van der Waals surface area contributed by atoms with Gasteiger partial charge in [-0.2, -0.15) is 0 Å². The molecule has 0 aliphatic rings. The topological polar surface area (TPSA) is 47.3 Å². The van der Waals surface area contributed by atoms with E-state index in [0.29, 0.717) is 9.26 Å². The smallest absolute Gasteiger partial charge is 0.406 e. The summed E-state index contributed by atoms with van der Waals surface area (Å²) < 4.78 is 40.0. The van der Waals surface area contributed by atoms with Crippen LogP contribution in [0, 0.1) is 3.57 Å². The highest BCUT2D eigenvalue weighted by Gasteiger charge is 2.31. The van der Waals surface area contributed by atoms with E-state index in [1.807, 2.05) is 22.6 Å². The Morgan fingerprint density at radius 3 is 2.50 bits per heavy atom. The minimum Gasteiger partial charge on any atom is -0.406 e. The van der Waals surface area contributed by atoms with Crippen LogP contribution < -0.4 is 15.8 Å². The van der Waals surface area contributed by atoms with Gasteiger partial charge in [-0.05, 0) is 53.0 Å². The molecule has 0 bridgehead atoms. The summed E-state index contributed by atoms with van der Waals surface area (Å²) >= 11 is 6.46. The van der Waals surface area contributed by atoms with Gasteiger partial charge in [0.2, 0.25) is 0 Å². The van der Waals surface area contributed by atoms with Gasteiger partial charge in [0.15, 0.2) is 5.11 Å². The van der Waals surface area contributed by atoms with Crippen LogP contribution >= 0.6 is 34.8 Å². The molecule has 1 aromatic carbocycles. The Morgan fingerprint density at radius 1 is 1.44 bits per heavy atom. The predicted molar refractivity (Wildman–Crippen MR) is 66.3 cm³/mol. The molecule has 0 fully saturated rings. The molecule has 0 aromatic heterocycles. The molecule has 0 saturated carbocycles. The van der Waals surface area contributed by atoms with Crippen molar-refractivity contribution in [1.82, 2.24) is 0 Å². The van der Waals surface area contributed by atoms with Crippen LogP contribution in [-0.4, -0.2) is 11.5 Å². The Hall–Kier alpha value is -0.770. The van der Waals surface area contributed by atoms with Gasteiger partial charge in [0, 0.05) is 3.57 Å². The van der Waals surface area contributed by atoms with E-state index in [2.05, 4.69) is 22.3 Å². The van der Waals surface area contributed by atoms with Gasteiger partial charge in [-0.25, -0.2) is 0 Å². The number of anilines is 1. The number of halogens is 4. The third kappa shape index (κ3) is 4.39. The minimum atomic E-state index is -4.69. The van der Waals surface area contributed by atoms with E-state index < -0.39 is 6.36 Å². The Labute approximate surface area is 108 Å². The second kappa shape index (κ2) is 5.04. The summed E-state index contributed by atoms with van der Waals surface area (Å²) in [5, 5.41) is 2.67. The van der Waals surface area contributed by atoms with Crippen molar-refractivity contribution in [3.8, 4) is 5.75 Å². The van der Waals surface area contributed by atoms with Crippen molar-refractivity contribution in [2.75, 3.05) is 5.32 Å². The van der Waals surface area contributed by atoms with Crippen molar-refractivity contribution >= 4 is 45.6 Å². The maximum atomic E-state index is 11.9. The predicted octanol–water partition coefficient (Wildman–Crippen LogP) is 2.85. The molecule has 0 saturated heterocycles. The first-order valence-corrected chi connectivity index (χ1v) is 5.38. The molecule has 3 N–H and O–H groups in total. The molecule has 0 spiro atoms. The lowest BCUT2D eigenvalue weighted by Crippen LogP contribution is -2.20. The lowest BCUT2D eigenvalue weighted by molar-refractivity contribution is -0.274. The molecular weight excluding hydrogens is 356 g/mol. The number of thiocarbonyl (C=S) groups is 1. The van der Waals surface area contributed by atoms with Gasteiger partial charge >= 0.3 is 6.36 Å². The number of hydrogen-bond donors (Lipinski definition) is 2. The third-order valence-corrected chi connectivity index (χ3v) is 2.43. The largest absolute Gasteiger partial charge is 0.573 e. The second-order valence-electron chi connectivity index (χ2n) is 2.68. The van der Waals surface area contributed by atoms with Crippen molar-refractivity contribution < 1.29 is 17.9 Å². The molecule has 0 atom stereocenters. The Kier molecular flexibility index (Phi) is 4.19. The molecule has 1 aromatic rings. The van der Waals surface area contributed by atoms with Crippen LogP contribution in [0.4, 0.5) is 18.9 Å². The summed E-state index contributed by atoms with van der Waals surface area (Å²) in [6, 6.07) is 3.81. The summed E-state index contributed by atoms with van der Waals surface area (Å²) in [6.07, 6.45) is -4.69. The second-order valence-corrected chi connectivity index (χ2v) is 4.28. The van der Waals surface area contributed by atoms with Gasteiger partial charge in [0.1, 0.15) is 5.75 Å². The van der Waals surface area contributed by atoms with E-state index >= 15 is 0 Å². The van der Waals surface area contributed by atoms with Crippen molar-refractivity contribution in [1.29, 1.82) is 0 Å². The molecule has 0 aliphatic heterocycles. The molecule has 8 heteroatoms. The van der Waals surface area contributed by atoms with Gasteiger partial charge in [-0.1, -0.05) is 0 Å². The molecule has 0 radical (unpaired) electrons. The van der Waals surface area contributed by atoms with E-state index in [4.69, 9.17) is 5.73 Å². The van der Waals surface area contributed by atoms with Crippen LogP contribution in [0.1, 0.15) is 0 Å². The number of hydrogen-bond acceptors (Lipinski definition) is 2. The van der Waals surface area contributed by atoms with Crippen molar-refractivity contribution in [2.24, 2.45) is 5.73 Å². The molecule has 16 heavy (non-hydrogen) atoms. The Morgan fingerprint density at radius 2 is 2.06 bits per heavy atom. The average Bonchev–Trinajstić information content (AvgIpc) is 2.06. The third-order valence-electron chi connectivity index (χ3n) is 1.43. The van der Waals surface area contributed by atoms with Crippen LogP contribution in [0.15, 0.2) is 18.2 Å². The van der Waals surface area contributed by atoms with Crippen molar-refractivity contribution in [3.63, 3.8) is 0 Å². The standard InChI is InChI=1S/C8H6F3IN2OS/c9-8(10,11)15-4-1-2-6(5(12)3-4)14-7(13)16/h1-3H,(H3,13,14,16). The summed E-state index contributed by atoms with van der Waals surface area (Å²) in [7, 11) is 0. The maximum Gasteiger partial charge on any atom is 0.573 e. The van der Waals surface area contributed by atoms with E-state index in [0.717, 1.165) is 0 Å². The quantitative estimate of drug-likeness (QED) is 0.628. The zero-order valence-electron chi connectivity index (χ0n) is 7.64. The maximum absolute atomic E-state index is 11.9. The van der Waals surface area contributed by atoms with Gasteiger partial charge in [-0.3, -0.25) is 0 Å². The molecule has 3 nitrogen and oxygen atoms in total. The van der Waals surface area contributed by atoms with E-state index in [-0.39, 0.29) is 10.9 Å². The van der Waals surface area contributed by atoms with Crippen LogP contribution in [0.25, 0.3) is 0 Å². The molecule has 0 aliphatic carbocycles. The number of ether oxygens (including phenoxy) is 1. The van der Waals surface area contributed by atoms with E-state index in [1.165, 1.54) is 18.2 Å². The highest BCUT2D eigenvalue weighted by Crippen LogP contribution is 2.27. The fourth-order valence-electron chi connectivity index (χ4n) is 0.927. The SMILES string of the molecule is NC(=S)Nc1ccc(OC(F)(F)F)cc1I. The molecule has 0 heterocycles. The molecular formula is C8H6F3IN2OS. The van der Waals surface area contributed by atoms with Crippen molar-refractivity contribution in [3.05, 3.63) is 21.8 Å². The van der Waals surface area contributed by atoms with Gasteiger partial charge in [0.25, 0.3) is 0 Å². The summed E-state index contributed by atoms with van der Waals surface area (Å²) in [4.78, 5) is 0. The Balaban J connectivity index is 2.87. The molecule has 0 unspecified atom stereocenters. The number of alkyl halides is 3. The number of nitrogens with two attached hydrogens (primary N) is 1. The summed E-state index contributed by atoms with van der Waals surface area (Å²) in [5.74, 6) is -0.287. The summed E-state index contributed by atoms with van der Waals surface area (Å²) in [6.45, 7) is 0. The highest BCUT2D eigenvalue weighted by atomic mass is 127. The average molecular weight is 362 g/mol. The van der Waals surface area contributed by atoms with Crippen molar-refractivity contribution in [2.45, 2.75) is 6.36 Å². The summed E-state index contributed by atoms with van der Waals surface area (Å²) in [5.41, 5.74) is 5.77. The number of benzene rings is 1. The lowest BCUT2D eigenvalue weighted by Gasteiger charge is -2.11. The number of nitrogens with one attached hydrogen (secondary N) is 1. The first-order chi connectivity index (χ1) is 7.28. The van der Waals surface area contributed by atoms with Crippen LogP contribution in [-0.2, 0) is 0 Å². The van der Waals surface area contributed by atoms with Crippen LogP contribution in [0.5, 0.6) is 5.75 Å². The van der Waals surface area contributed by atoms with Crippen LogP contribution in [0.2, 0.25) is 0 Å². The zero-order valence-corrected chi connectivity index (χ0v) is 10.6. The van der Waals surface area contributed by atoms with Gasteiger partial charge in [0.05, 0.1) is 5.69 Å². The first kappa shape index (κ1) is 13.3. The van der Waals surface area contributed by atoms with Gasteiger partial charge in [-0.15, -0.1) is 13.2 Å². The lowest BCUT2D eigenvalue weighted by atomic mass is 10.3. The van der Waals surface area contributed by atoms with E-state index in [9.17, 15) is 13.2 Å². The molecule has 1 rings (SSSR count). The van der Waals surface area contributed by atoms with Crippen LogP contribution in [0.3, 0.4) is 0 Å². The zero-order chi connectivity index (χ0) is 12.3. The van der Waals surface area contributed by atoms with Gasteiger partial charge < -0.3 is 15.8 Å².